The molecule has 114 valence electrons. The van der Waals surface area contributed by atoms with E-state index in [4.69, 9.17) is 5.73 Å². The molecule has 1 saturated carbocycles. The van der Waals surface area contributed by atoms with E-state index in [1.165, 1.54) is 25.7 Å². The zero-order valence-corrected chi connectivity index (χ0v) is 12.4. The van der Waals surface area contributed by atoms with Gasteiger partial charge in [-0.2, -0.15) is 9.97 Å². The zero-order chi connectivity index (χ0) is 14.2. The molecule has 3 aliphatic rings. The zero-order valence-electron chi connectivity index (χ0n) is 12.4. The van der Waals surface area contributed by atoms with E-state index in [1.807, 2.05) is 0 Å². The molecule has 2 aliphatic heterocycles. The molecule has 4 rings (SSSR count). The van der Waals surface area contributed by atoms with Crippen molar-refractivity contribution in [2.45, 2.75) is 31.7 Å². The van der Waals surface area contributed by atoms with Gasteiger partial charge >= 0.3 is 0 Å². The Kier molecular flexibility index (Phi) is 3.33. The highest BCUT2D eigenvalue weighted by Gasteiger charge is 2.33. The van der Waals surface area contributed by atoms with E-state index in [2.05, 4.69) is 31.6 Å². The van der Waals surface area contributed by atoms with E-state index in [0.29, 0.717) is 12.0 Å². The number of anilines is 3. The Morgan fingerprint density at radius 2 is 2.19 bits per heavy atom. The van der Waals surface area contributed by atoms with Crippen LogP contribution in [0.25, 0.3) is 0 Å². The van der Waals surface area contributed by atoms with Crippen molar-refractivity contribution >= 4 is 17.6 Å². The van der Waals surface area contributed by atoms with E-state index < -0.39 is 0 Å². The Balaban J connectivity index is 1.47. The number of rotatable bonds is 4. The molecule has 6 nitrogen and oxygen atoms in total. The summed E-state index contributed by atoms with van der Waals surface area (Å²) in [6, 6.07) is 2.76. The molecule has 0 bridgehead atoms. The normalized spacial score (nSPS) is 28.5. The van der Waals surface area contributed by atoms with Gasteiger partial charge in [0.05, 0.1) is 0 Å². The van der Waals surface area contributed by atoms with Crippen LogP contribution in [0.5, 0.6) is 0 Å². The van der Waals surface area contributed by atoms with E-state index in [9.17, 15) is 0 Å². The van der Waals surface area contributed by atoms with Crippen molar-refractivity contribution in [2.24, 2.45) is 11.8 Å². The minimum atomic E-state index is 0.373. The smallest absolute Gasteiger partial charge is 0.223 e. The second kappa shape index (κ2) is 5.33. The third-order valence-corrected chi connectivity index (χ3v) is 4.98. The lowest BCUT2D eigenvalue weighted by molar-refractivity contribution is 0.375. The van der Waals surface area contributed by atoms with Gasteiger partial charge < -0.3 is 21.3 Å². The summed E-state index contributed by atoms with van der Waals surface area (Å²) >= 11 is 0. The number of hydrogen-bond donors (Lipinski definition) is 3. The Morgan fingerprint density at radius 3 is 3.05 bits per heavy atom. The number of nitrogens with two attached hydrogens (primary N) is 1. The van der Waals surface area contributed by atoms with Crippen molar-refractivity contribution in [1.82, 2.24) is 15.3 Å². The molecule has 0 spiro atoms. The number of nitrogens with zero attached hydrogens (tertiary/aromatic N) is 3. The molecule has 1 aliphatic carbocycles. The van der Waals surface area contributed by atoms with Gasteiger partial charge in [-0.25, -0.2) is 0 Å². The maximum absolute atomic E-state index is 5.89. The first kappa shape index (κ1) is 13.1. The minimum absolute atomic E-state index is 0.373. The predicted octanol–water partition coefficient (Wildman–Crippen LogP) is 1.07. The van der Waals surface area contributed by atoms with Crippen molar-refractivity contribution in [3.8, 4) is 0 Å². The van der Waals surface area contributed by atoms with E-state index >= 15 is 0 Å². The Morgan fingerprint density at radius 1 is 1.29 bits per heavy atom. The summed E-state index contributed by atoms with van der Waals surface area (Å²) in [5.41, 5.74) is 5.89. The highest BCUT2D eigenvalue weighted by Crippen LogP contribution is 2.30. The Labute approximate surface area is 125 Å². The van der Waals surface area contributed by atoms with Gasteiger partial charge in [0.2, 0.25) is 5.95 Å². The van der Waals surface area contributed by atoms with Crippen LogP contribution in [-0.4, -0.2) is 42.2 Å². The van der Waals surface area contributed by atoms with Crippen LogP contribution < -0.4 is 21.3 Å². The highest BCUT2D eigenvalue weighted by atomic mass is 15.2. The molecular weight excluding hydrogens is 264 g/mol. The van der Waals surface area contributed by atoms with Crippen LogP contribution in [0.1, 0.15) is 25.7 Å². The summed E-state index contributed by atoms with van der Waals surface area (Å²) in [6.07, 6.45) is 5.14. The van der Waals surface area contributed by atoms with Crippen LogP contribution in [-0.2, 0) is 0 Å². The van der Waals surface area contributed by atoms with Crippen LogP contribution in [0.4, 0.5) is 17.6 Å². The van der Waals surface area contributed by atoms with E-state index in [1.54, 1.807) is 0 Å². The lowest BCUT2D eigenvalue weighted by Gasteiger charge is -2.35. The van der Waals surface area contributed by atoms with Gasteiger partial charge in [0, 0.05) is 31.7 Å². The number of piperidine rings is 1. The summed E-state index contributed by atoms with van der Waals surface area (Å²) in [5.74, 6) is 3.79. The van der Waals surface area contributed by atoms with Crippen molar-refractivity contribution < 1.29 is 0 Å². The summed E-state index contributed by atoms with van der Waals surface area (Å²) in [4.78, 5) is 11.1. The van der Waals surface area contributed by atoms with Gasteiger partial charge in [-0.1, -0.05) is 0 Å². The second-order valence-corrected chi connectivity index (χ2v) is 6.64. The van der Waals surface area contributed by atoms with Gasteiger partial charge in [-0.15, -0.1) is 0 Å². The number of aromatic nitrogens is 2. The molecule has 1 aromatic heterocycles. The number of nitrogen functional groups attached to an aromatic ring is 1. The molecule has 21 heavy (non-hydrogen) atoms. The molecule has 0 aromatic carbocycles. The third kappa shape index (κ3) is 2.90. The largest absolute Gasteiger partial charge is 0.370 e. The third-order valence-electron chi connectivity index (χ3n) is 4.98. The van der Waals surface area contributed by atoms with Gasteiger partial charge in [-0.3, -0.25) is 0 Å². The van der Waals surface area contributed by atoms with Crippen molar-refractivity contribution in [3.05, 3.63) is 6.07 Å². The molecule has 2 atom stereocenters. The maximum Gasteiger partial charge on any atom is 0.223 e. The molecule has 3 heterocycles. The quantitative estimate of drug-likeness (QED) is 0.769. The molecule has 1 aromatic rings. The van der Waals surface area contributed by atoms with Gasteiger partial charge in [0.15, 0.2) is 0 Å². The van der Waals surface area contributed by atoms with Crippen LogP contribution >= 0.6 is 0 Å². The molecule has 0 unspecified atom stereocenters. The highest BCUT2D eigenvalue weighted by molar-refractivity contribution is 5.53. The van der Waals surface area contributed by atoms with Crippen LogP contribution in [0, 0.1) is 11.8 Å². The number of nitrogens with one attached hydrogen (secondary N) is 2. The maximum atomic E-state index is 5.89. The average molecular weight is 288 g/mol. The SMILES string of the molecule is Nc1nc(NCC2CC2)cc(N2CC[C@@H]3NCC[C@@H]3C2)n1. The molecular formula is C15H24N6. The van der Waals surface area contributed by atoms with Crippen LogP contribution in [0.15, 0.2) is 6.07 Å². The van der Waals surface area contributed by atoms with E-state index in [0.717, 1.165) is 49.7 Å². The predicted molar refractivity (Wildman–Crippen MR) is 84.4 cm³/mol. The Hall–Kier alpha value is -1.56. The summed E-state index contributed by atoms with van der Waals surface area (Å²) < 4.78 is 0. The standard InChI is InChI=1S/C15H24N6/c16-15-19-13(18-8-10-1-2-10)7-14(20-15)21-6-4-12-11(9-21)3-5-17-12/h7,10-12,17H,1-6,8-9H2,(H3,16,18,19,20)/t11-,12+/m1/s1. The van der Waals surface area contributed by atoms with Crippen molar-refractivity contribution in [2.75, 3.05) is 42.1 Å². The summed E-state index contributed by atoms with van der Waals surface area (Å²) in [7, 11) is 0. The van der Waals surface area contributed by atoms with Gasteiger partial charge in [-0.05, 0) is 44.1 Å². The van der Waals surface area contributed by atoms with Gasteiger partial charge in [0.25, 0.3) is 0 Å². The molecule has 6 heteroatoms. The van der Waals surface area contributed by atoms with Crippen molar-refractivity contribution in [1.29, 1.82) is 0 Å². The molecule has 0 amide bonds. The number of fused-ring (bicyclic) bond motifs is 1. The topological polar surface area (TPSA) is 79.1 Å². The first-order valence-corrected chi connectivity index (χ1v) is 8.15. The van der Waals surface area contributed by atoms with Crippen molar-refractivity contribution in [3.63, 3.8) is 0 Å². The molecule has 0 radical (unpaired) electrons. The first-order chi connectivity index (χ1) is 10.3. The lowest BCUT2D eigenvalue weighted by atomic mass is 9.93. The minimum Gasteiger partial charge on any atom is -0.370 e. The molecule has 3 fully saturated rings. The molecule has 2 saturated heterocycles. The van der Waals surface area contributed by atoms with Crippen LogP contribution in [0.3, 0.4) is 0 Å². The number of hydrogen-bond acceptors (Lipinski definition) is 6. The summed E-state index contributed by atoms with van der Waals surface area (Å²) in [5, 5.41) is 7.00. The first-order valence-electron chi connectivity index (χ1n) is 8.15. The summed E-state index contributed by atoms with van der Waals surface area (Å²) in [6.45, 7) is 4.29. The second-order valence-electron chi connectivity index (χ2n) is 6.64. The fraction of sp³-hybridized carbons (Fsp3) is 0.733. The van der Waals surface area contributed by atoms with Crippen LogP contribution in [0.2, 0.25) is 0 Å². The lowest BCUT2D eigenvalue weighted by Crippen LogP contribution is -2.44. The Bertz CT molecular complexity index is 515. The average Bonchev–Trinajstić information content (AvgIpc) is 3.20. The fourth-order valence-corrected chi connectivity index (χ4v) is 3.53. The fourth-order valence-electron chi connectivity index (χ4n) is 3.53. The molecule has 4 N–H and O–H groups in total. The monoisotopic (exact) mass is 288 g/mol. The van der Waals surface area contributed by atoms with Gasteiger partial charge in [0.1, 0.15) is 11.6 Å². The van der Waals surface area contributed by atoms with E-state index in [-0.39, 0.29) is 0 Å².